The quantitative estimate of drug-likeness (QED) is 0.168. The third-order valence-electron chi connectivity index (χ3n) is 8.92. The van der Waals surface area contributed by atoms with Crippen molar-refractivity contribution in [1.82, 2.24) is 19.9 Å². The Hall–Kier alpha value is -5.52. The van der Waals surface area contributed by atoms with Crippen LogP contribution in [-0.2, 0) is 17.1 Å². The molecule has 241 valence electrons. The Labute approximate surface area is 308 Å². The summed E-state index contributed by atoms with van der Waals surface area (Å²) in [6.45, 7) is 0. The van der Waals surface area contributed by atoms with Crippen LogP contribution in [0.2, 0.25) is 0 Å². The van der Waals surface area contributed by atoms with E-state index in [0.717, 1.165) is 93.8 Å². The zero-order chi connectivity index (χ0) is 32.7. The van der Waals surface area contributed by atoms with Crippen molar-refractivity contribution in [2.24, 2.45) is 0 Å². The van der Waals surface area contributed by atoms with Crippen LogP contribution in [0.1, 0.15) is 22.8 Å². The summed E-state index contributed by atoms with van der Waals surface area (Å²) in [4.78, 5) is 21.3. The molecule has 2 aliphatic heterocycles. The van der Waals surface area contributed by atoms with E-state index in [9.17, 15) is 0 Å². The van der Waals surface area contributed by atoms with E-state index in [1.165, 1.54) is 0 Å². The molecule has 0 spiro atoms. The molecular weight excluding hydrogens is 728 g/mol. The molecular formula is C44H27BrCuN4. The topological polar surface area (TPSA) is 54.0 Å². The Morgan fingerprint density at radius 2 is 0.720 bits per heavy atom. The van der Waals surface area contributed by atoms with Crippen molar-refractivity contribution in [2.45, 2.75) is 0 Å². The second-order valence-electron chi connectivity index (χ2n) is 11.9. The van der Waals surface area contributed by atoms with E-state index < -0.39 is 0 Å². The maximum atomic E-state index is 5.36. The van der Waals surface area contributed by atoms with E-state index in [-0.39, 0.29) is 17.1 Å². The number of rotatable bonds is 4. The molecule has 4 aromatic carbocycles. The first-order valence-corrected chi connectivity index (χ1v) is 17.0. The summed E-state index contributed by atoms with van der Waals surface area (Å²) >= 11 is 3.92. The van der Waals surface area contributed by atoms with Crippen LogP contribution >= 0.6 is 15.9 Å². The van der Waals surface area contributed by atoms with Crippen LogP contribution in [0.4, 0.5) is 0 Å². The molecule has 2 aliphatic rings. The van der Waals surface area contributed by atoms with Crippen molar-refractivity contribution in [3.63, 3.8) is 0 Å². The van der Waals surface area contributed by atoms with E-state index in [0.29, 0.717) is 0 Å². The number of hydrogen-bond acceptors (Lipinski definition) is 2. The van der Waals surface area contributed by atoms with Crippen LogP contribution in [0.25, 0.3) is 89.3 Å². The van der Waals surface area contributed by atoms with Crippen LogP contribution in [0, 0.1) is 0 Å². The molecule has 0 unspecified atom stereocenters. The molecule has 5 heterocycles. The van der Waals surface area contributed by atoms with Gasteiger partial charge in [-0.3, -0.25) is 0 Å². The zero-order valence-electron chi connectivity index (χ0n) is 26.6. The summed E-state index contributed by atoms with van der Waals surface area (Å²) in [6.07, 6.45) is 6.30. The number of benzene rings is 4. The molecule has 3 aromatic heterocycles. The average molecular weight is 755 g/mol. The van der Waals surface area contributed by atoms with Gasteiger partial charge in [0.25, 0.3) is 0 Å². The molecule has 0 aliphatic carbocycles. The Kier molecular flexibility index (Phi) is 8.51. The number of fused-ring (bicyclic) bond motifs is 8. The van der Waals surface area contributed by atoms with Crippen LogP contribution in [0.15, 0.2) is 146 Å². The normalized spacial score (nSPS) is 12.0. The molecule has 0 saturated heterocycles. The maximum Gasteiger partial charge on any atom is 2.00 e. The van der Waals surface area contributed by atoms with Crippen LogP contribution < -0.4 is 9.97 Å². The number of hydrogen-bond donors (Lipinski definition) is 0. The SMILES string of the molecule is BrC1=Cc2nc1c(-c1ccccc1)c1ccc([n-]1)c(-c1ccccc1)c1nc(c(-c3ccccc3)c3ccc([n-]3)c2-c2ccccc2)C=C1.[Cu+2]. The van der Waals surface area contributed by atoms with E-state index >= 15 is 0 Å². The fourth-order valence-corrected chi connectivity index (χ4v) is 7.23. The first-order chi connectivity index (χ1) is 24.2. The van der Waals surface area contributed by atoms with Crippen LogP contribution in [0.5, 0.6) is 0 Å². The summed E-state index contributed by atoms with van der Waals surface area (Å²) in [5, 5.41) is 0. The van der Waals surface area contributed by atoms with Crippen molar-refractivity contribution < 1.29 is 17.1 Å². The first kappa shape index (κ1) is 31.7. The van der Waals surface area contributed by atoms with Crippen molar-refractivity contribution in [1.29, 1.82) is 0 Å². The van der Waals surface area contributed by atoms with Gasteiger partial charge in [0.1, 0.15) is 0 Å². The minimum atomic E-state index is 0. The van der Waals surface area contributed by atoms with Crippen LogP contribution in [0.3, 0.4) is 0 Å². The summed E-state index contributed by atoms with van der Waals surface area (Å²) in [5.74, 6) is 0. The van der Waals surface area contributed by atoms with Crippen molar-refractivity contribution >= 4 is 60.7 Å². The Bertz CT molecular complexity index is 2590. The third kappa shape index (κ3) is 5.68. The van der Waals surface area contributed by atoms with Gasteiger partial charge in [-0.2, -0.15) is 0 Å². The molecule has 7 aromatic rings. The van der Waals surface area contributed by atoms with E-state index in [4.69, 9.17) is 19.9 Å². The first-order valence-electron chi connectivity index (χ1n) is 16.2. The molecule has 50 heavy (non-hydrogen) atoms. The van der Waals surface area contributed by atoms with Gasteiger partial charge in [0.05, 0.1) is 22.8 Å². The van der Waals surface area contributed by atoms with Crippen LogP contribution in [-0.4, -0.2) is 9.97 Å². The average Bonchev–Trinajstić information content (AvgIpc) is 3.98. The molecule has 0 amide bonds. The van der Waals surface area contributed by atoms with Crippen molar-refractivity contribution in [3.8, 4) is 44.5 Å². The standard InChI is InChI=1S/C44H27BrN4.Cu/c45-32-27-39-42(30-17-9-3-10-18-30)37-24-23-35(47-37)40(28-13-5-1-6-14-28)33-21-22-34(46-33)41(29-15-7-2-8-16-29)36-25-26-38(48-36)43(44(32)49-39)31-19-11-4-12-20-31;/h1-27H;/q-2;+2. The van der Waals surface area contributed by atoms with Crippen molar-refractivity contribution in [2.75, 3.05) is 0 Å². The molecule has 0 N–H and O–H groups in total. The summed E-state index contributed by atoms with van der Waals surface area (Å²) in [7, 11) is 0. The number of nitrogens with zero attached hydrogens (tertiary/aromatic N) is 4. The molecule has 4 nitrogen and oxygen atoms in total. The second-order valence-corrected chi connectivity index (χ2v) is 12.8. The molecule has 8 bridgehead atoms. The maximum absolute atomic E-state index is 5.36. The molecule has 0 atom stereocenters. The molecule has 1 radical (unpaired) electrons. The molecule has 6 heteroatoms. The summed E-state index contributed by atoms with van der Waals surface area (Å²) in [5.41, 5.74) is 14.8. The minimum absolute atomic E-state index is 0. The third-order valence-corrected chi connectivity index (χ3v) is 9.53. The Morgan fingerprint density at radius 3 is 1.12 bits per heavy atom. The Balaban J connectivity index is 0.00000361. The van der Waals surface area contributed by atoms with Gasteiger partial charge in [0, 0.05) is 4.48 Å². The second kappa shape index (κ2) is 13.4. The smallest absolute Gasteiger partial charge is 0.657 e. The molecule has 0 fully saturated rings. The predicted octanol–water partition coefficient (Wildman–Crippen LogP) is 11.3. The van der Waals surface area contributed by atoms with Gasteiger partial charge in [0.15, 0.2) is 0 Å². The molecule has 0 saturated carbocycles. The Morgan fingerprint density at radius 1 is 0.380 bits per heavy atom. The van der Waals surface area contributed by atoms with Gasteiger partial charge in [-0.05, 0) is 78.7 Å². The van der Waals surface area contributed by atoms with Gasteiger partial charge >= 0.3 is 17.1 Å². The number of aromatic nitrogens is 4. The summed E-state index contributed by atoms with van der Waals surface area (Å²) in [6, 6.07) is 49.9. The monoisotopic (exact) mass is 753 g/mol. The summed E-state index contributed by atoms with van der Waals surface area (Å²) < 4.78 is 0.890. The number of halogens is 1. The van der Waals surface area contributed by atoms with Crippen molar-refractivity contribution in [3.05, 3.63) is 168 Å². The fraction of sp³-hybridized carbons (Fsp3) is 0. The zero-order valence-corrected chi connectivity index (χ0v) is 29.1. The largest absolute Gasteiger partial charge is 2.00 e. The minimum Gasteiger partial charge on any atom is -0.657 e. The fourth-order valence-electron chi connectivity index (χ4n) is 6.73. The predicted molar refractivity (Wildman–Crippen MR) is 206 cm³/mol. The van der Waals surface area contributed by atoms with E-state index in [1.54, 1.807) is 0 Å². The van der Waals surface area contributed by atoms with Gasteiger partial charge in [-0.15, -0.1) is 22.1 Å². The van der Waals surface area contributed by atoms with Gasteiger partial charge in [0.2, 0.25) is 0 Å². The van der Waals surface area contributed by atoms with E-state index in [2.05, 4.69) is 155 Å². The van der Waals surface area contributed by atoms with Gasteiger partial charge < -0.3 is 9.97 Å². The molecule has 9 rings (SSSR count). The van der Waals surface area contributed by atoms with E-state index in [1.807, 2.05) is 24.3 Å². The van der Waals surface area contributed by atoms with Gasteiger partial charge in [-0.1, -0.05) is 146 Å². The van der Waals surface area contributed by atoms with Gasteiger partial charge in [-0.25, -0.2) is 9.97 Å².